The lowest BCUT2D eigenvalue weighted by molar-refractivity contribution is -0.151. The SMILES string of the molecule is COc1cc2c(OCC3CC(CC(F)(F)F)C(=O)N3)nccc2cc1C(N)=O. The van der Waals surface area contributed by atoms with Gasteiger partial charge in [0.15, 0.2) is 0 Å². The molecule has 1 aliphatic rings. The Labute approximate surface area is 158 Å². The molecular weight excluding hydrogens is 379 g/mol. The summed E-state index contributed by atoms with van der Waals surface area (Å²) in [4.78, 5) is 27.4. The minimum atomic E-state index is -4.40. The number of nitrogens with zero attached hydrogens (tertiary/aromatic N) is 1. The van der Waals surface area contributed by atoms with E-state index in [4.69, 9.17) is 15.2 Å². The van der Waals surface area contributed by atoms with E-state index in [0.717, 1.165) is 0 Å². The van der Waals surface area contributed by atoms with Gasteiger partial charge in [-0.3, -0.25) is 9.59 Å². The van der Waals surface area contributed by atoms with E-state index < -0.39 is 36.4 Å². The zero-order valence-electron chi connectivity index (χ0n) is 14.9. The van der Waals surface area contributed by atoms with Gasteiger partial charge in [-0.25, -0.2) is 4.98 Å². The lowest BCUT2D eigenvalue weighted by Gasteiger charge is -2.14. The Bertz CT molecular complexity index is 917. The number of rotatable bonds is 6. The molecule has 7 nitrogen and oxygen atoms in total. The van der Waals surface area contributed by atoms with E-state index >= 15 is 0 Å². The average Bonchev–Trinajstić information content (AvgIpc) is 2.96. The van der Waals surface area contributed by atoms with Gasteiger partial charge in [-0.2, -0.15) is 13.2 Å². The van der Waals surface area contributed by atoms with E-state index in [0.29, 0.717) is 10.8 Å². The number of carbonyl (C=O) groups is 2. The average molecular weight is 397 g/mol. The van der Waals surface area contributed by atoms with Crippen molar-refractivity contribution < 1.29 is 32.2 Å². The quantitative estimate of drug-likeness (QED) is 0.778. The van der Waals surface area contributed by atoms with Gasteiger partial charge >= 0.3 is 6.18 Å². The van der Waals surface area contributed by atoms with Crippen molar-refractivity contribution in [1.82, 2.24) is 10.3 Å². The second-order valence-corrected chi connectivity index (χ2v) is 6.52. The van der Waals surface area contributed by atoms with Crippen molar-refractivity contribution in [2.45, 2.75) is 25.1 Å². The number of pyridine rings is 1. The van der Waals surface area contributed by atoms with Gasteiger partial charge < -0.3 is 20.5 Å². The molecule has 0 saturated carbocycles. The molecule has 150 valence electrons. The highest BCUT2D eigenvalue weighted by atomic mass is 19.4. The number of ether oxygens (including phenoxy) is 2. The summed E-state index contributed by atoms with van der Waals surface area (Å²) in [5.41, 5.74) is 5.54. The number of halogens is 3. The van der Waals surface area contributed by atoms with Crippen LogP contribution in [0.15, 0.2) is 24.4 Å². The number of aromatic nitrogens is 1. The summed E-state index contributed by atoms with van der Waals surface area (Å²) in [6.07, 6.45) is -4.06. The van der Waals surface area contributed by atoms with Crippen LogP contribution in [0.5, 0.6) is 11.6 Å². The Kier molecular flexibility index (Phi) is 5.30. The van der Waals surface area contributed by atoms with Gasteiger partial charge in [0.2, 0.25) is 11.8 Å². The standard InChI is InChI=1S/C18H18F3N3O4/c1-27-14-6-12-9(5-13(14)15(22)25)2-3-23-17(12)28-8-11-4-10(16(26)24-11)7-18(19,20)21/h2-3,5-6,10-11H,4,7-8H2,1H3,(H2,22,25)(H,24,26). The topological polar surface area (TPSA) is 104 Å². The van der Waals surface area contributed by atoms with Crippen LogP contribution in [0.25, 0.3) is 10.8 Å². The normalized spacial score (nSPS) is 19.5. The number of carbonyl (C=O) groups excluding carboxylic acids is 2. The lowest BCUT2D eigenvalue weighted by atomic mass is 10.0. The molecule has 3 rings (SSSR count). The first-order chi connectivity index (χ1) is 13.2. The number of alkyl halides is 3. The van der Waals surface area contributed by atoms with E-state index in [-0.39, 0.29) is 30.2 Å². The number of primary amides is 1. The van der Waals surface area contributed by atoms with Crippen molar-refractivity contribution in [2.24, 2.45) is 11.7 Å². The first kappa shape index (κ1) is 19.7. The van der Waals surface area contributed by atoms with Gasteiger partial charge in [0, 0.05) is 17.5 Å². The highest BCUT2D eigenvalue weighted by Gasteiger charge is 2.40. The van der Waals surface area contributed by atoms with E-state index in [1.807, 2.05) is 0 Å². The molecule has 2 atom stereocenters. The minimum Gasteiger partial charge on any atom is -0.496 e. The Balaban J connectivity index is 1.76. The summed E-state index contributed by atoms with van der Waals surface area (Å²) in [7, 11) is 1.39. The Hall–Kier alpha value is -3.04. The van der Waals surface area contributed by atoms with Gasteiger partial charge in [0.05, 0.1) is 25.1 Å². The molecule has 10 heteroatoms. The van der Waals surface area contributed by atoms with Crippen LogP contribution in [0.4, 0.5) is 13.2 Å². The summed E-state index contributed by atoms with van der Waals surface area (Å²) in [6, 6.07) is 4.20. The summed E-state index contributed by atoms with van der Waals surface area (Å²) >= 11 is 0. The molecule has 1 saturated heterocycles. The molecule has 2 aromatic rings. The molecule has 28 heavy (non-hydrogen) atoms. The van der Waals surface area contributed by atoms with Crippen LogP contribution in [-0.2, 0) is 4.79 Å². The maximum absolute atomic E-state index is 12.5. The molecule has 1 aromatic carbocycles. The number of nitrogens with one attached hydrogen (secondary N) is 1. The van der Waals surface area contributed by atoms with Gasteiger partial charge in [-0.1, -0.05) is 0 Å². The van der Waals surface area contributed by atoms with Crippen LogP contribution in [0.3, 0.4) is 0 Å². The van der Waals surface area contributed by atoms with Crippen LogP contribution in [0.2, 0.25) is 0 Å². The monoisotopic (exact) mass is 397 g/mol. The first-order valence-corrected chi connectivity index (χ1v) is 8.44. The fourth-order valence-corrected chi connectivity index (χ4v) is 3.22. The Morgan fingerprint density at radius 1 is 1.39 bits per heavy atom. The molecule has 1 fully saturated rings. The predicted octanol–water partition coefficient (Wildman–Crippen LogP) is 2.18. The van der Waals surface area contributed by atoms with Crippen LogP contribution in [0.1, 0.15) is 23.2 Å². The third kappa shape index (κ3) is 4.26. The highest BCUT2D eigenvalue weighted by Crippen LogP contribution is 2.32. The van der Waals surface area contributed by atoms with E-state index in [9.17, 15) is 22.8 Å². The van der Waals surface area contributed by atoms with Crippen LogP contribution in [-0.4, -0.2) is 42.7 Å². The molecule has 0 aliphatic carbocycles. The lowest BCUT2D eigenvalue weighted by Crippen LogP contribution is -2.31. The van der Waals surface area contributed by atoms with E-state index in [1.165, 1.54) is 13.3 Å². The van der Waals surface area contributed by atoms with Crippen molar-refractivity contribution in [3.8, 4) is 11.6 Å². The van der Waals surface area contributed by atoms with Crippen LogP contribution in [0, 0.1) is 5.92 Å². The molecule has 1 aliphatic heterocycles. The maximum atomic E-state index is 12.5. The molecule has 0 spiro atoms. The number of methoxy groups -OCH3 is 1. The van der Waals surface area contributed by atoms with Gasteiger partial charge in [0.25, 0.3) is 5.91 Å². The number of nitrogens with two attached hydrogens (primary N) is 1. The third-order valence-electron chi connectivity index (χ3n) is 4.50. The fraction of sp³-hybridized carbons (Fsp3) is 0.389. The van der Waals surface area contributed by atoms with Crippen molar-refractivity contribution >= 4 is 22.6 Å². The van der Waals surface area contributed by atoms with Crippen molar-refractivity contribution in [2.75, 3.05) is 13.7 Å². The summed E-state index contributed by atoms with van der Waals surface area (Å²) in [6.45, 7) is -0.0356. The number of hydrogen-bond acceptors (Lipinski definition) is 5. The van der Waals surface area contributed by atoms with Gasteiger partial charge in [-0.05, 0) is 30.0 Å². The number of benzene rings is 1. The van der Waals surface area contributed by atoms with E-state index in [1.54, 1.807) is 18.2 Å². The van der Waals surface area contributed by atoms with Crippen LogP contribution >= 0.6 is 0 Å². The summed E-state index contributed by atoms with van der Waals surface area (Å²) in [5.74, 6) is -1.95. The predicted molar refractivity (Wildman–Crippen MR) is 93.0 cm³/mol. The molecule has 2 heterocycles. The van der Waals surface area contributed by atoms with E-state index in [2.05, 4.69) is 10.3 Å². The molecule has 2 unspecified atom stereocenters. The molecule has 0 bridgehead atoms. The third-order valence-corrected chi connectivity index (χ3v) is 4.50. The minimum absolute atomic E-state index is 0.0260. The number of hydrogen-bond donors (Lipinski definition) is 2. The smallest absolute Gasteiger partial charge is 0.389 e. The maximum Gasteiger partial charge on any atom is 0.389 e. The molecule has 3 N–H and O–H groups in total. The van der Waals surface area contributed by atoms with Crippen molar-refractivity contribution in [1.29, 1.82) is 0 Å². The highest BCUT2D eigenvalue weighted by molar-refractivity contribution is 6.01. The molecule has 0 radical (unpaired) electrons. The molecule has 1 aromatic heterocycles. The van der Waals surface area contributed by atoms with Gasteiger partial charge in [0.1, 0.15) is 12.4 Å². The number of amides is 2. The summed E-state index contributed by atoms with van der Waals surface area (Å²) < 4.78 is 48.4. The fourth-order valence-electron chi connectivity index (χ4n) is 3.22. The number of fused-ring (bicyclic) bond motifs is 1. The Morgan fingerprint density at radius 2 is 2.14 bits per heavy atom. The van der Waals surface area contributed by atoms with Gasteiger partial charge in [-0.15, -0.1) is 0 Å². The second-order valence-electron chi connectivity index (χ2n) is 6.52. The second kappa shape index (κ2) is 7.53. The van der Waals surface area contributed by atoms with Crippen molar-refractivity contribution in [3.05, 3.63) is 30.0 Å². The van der Waals surface area contributed by atoms with Crippen molar-refractivity contribution in [3.63, 3.8) is 0 Å². The Morgan fingerprint density at radius 3 is 2.79 bits per heavy atom. The molecule has 2 amide bonds. The van der Waals surface area contributed by atoms with Crippen LogP contribution < -0.4 is 20.5 Å². The zero-order valence-corrected chi connectivity index (χ0v) is 14.9. The first-order valence-electron chi connectivity index (χ1n) is 8.44. The molecular formula is C18H18F3N3O4. The largest absolute Gasteiger partial charge is 0.496 e. The zero-order chi connectivity index (χ0) is 20.5. The summed E-state index contributed by atoms with van der Waals surface area (Å²) in [5, 5.41) is 3.69.